The predicted molar refractivity (Wildman–Crippen MR) is 64.7 cm³/mol. The highest BCUT2D eigenvalue weighted by Gasteiger charge is 1.89. The van der Waals surface area contributed by atoms with E-state index in [2.05, 4.69) is 13.8 Å². The molecule has 2 nitrogen and oxygen atoms in total. The Morgan fingerprint density at radius 2 is 1.73 bits per heavy atom. The van der Waals surface area contributed by atoms with Crippen LogP contribution in [0.5, 0.6) is 0 Å². The van der Waals surface area contributed by atoms with Crippen molar-refractivity contribution < 1.29 is 9.47 Å². The van der Waals surface area contributed by atoms with Gasteiger partial charge in [-0.1, -0.05) is 46.0 Å². The summed E-state index contributed by atoms with van der Waals surface area (Å²) in [6.07, 6.45) is 12.4. The maximum atomic E-state index is 5.32. The number of allylic oxidation sites excluding steroid dienone is 1. The van der Waals surface area contributed by atoms with Crippen LogP contribution in [-0.4, -0.2) is 13.4 Å². The Labute approximate surface area is 94.7 Å². The van der Waals surface area contributed by atoms with Crippen molar-refractivity contribution in [3.63, 3.8) is 0 Å². The molecule has 0 saturated heterocycles. The first-order valence-electron chi connectivity index (χ1n) is 6.26. The minimum Gasteiger partial charge on any atom is -0.475 e. The van der Waals surface area contributed by atoms with E-state index in [0.717, 1.165) is 25.9 Å². The van der Waals surface area contributed by atoms with Gasteiger partial charge in [0.25, 0.3) is 0 Å². The summed E-state index contributed by atoms with van der Waals surface area (Å²) in [5, 5.41) is 0. The molecule has 0 bridgehead atoms. The first-order valence-corrected chi connectivity index (χ1v) is 6.26. The van der Waals surface area contributed by atoms with Gasteiger partial charge in [0.1, 0.15) is 0 Å². The van der Waals surface area contributed by atoms with Crippen LogP contribution in [0.4, 0.5) is 0 Å². The van der Waals surface area contributed by atoms with Crippen molar-refractivity contribution in [3.05, 3.63) is 12.3 Å². The van der Waals surface area contributed by atoms with Gasteiger partial charge in [-0.05, 0) is 18.9 Å². The number of unbranched alkanes of at least 4 members (excludes halogenated alkanes) is 5. The van der Waals surface area contributed by atoms with Crippen LogP contribution in [0.25, 0.3) is 0 Å². The average Bonchev–Trinajstić information content (AvgIpc) is 2.26. The van der Waals surface area contributed by atoms with E-state index in [4.69, 9.17) is 9.47 Å². The van der Waals surface area contributed by atoms with Crippen molar-refractivity contribution in [2.24, 2.45) is 0 Å². The molecule has 0 spiro atoms. The van der Waals surface area contributed by atoms with E-state index in [-0.39, 0.29) is 0 Å². The van der Waals surface area contributed by atoms with Crippen LogP contribution >= 0.6 is 0 Å². The summed E-state index contributed by atoms with van der Waals surface area (Å²) in [6.45, 7) is 5.60. The minimum atomic E-state index is 0.397. The molecule has 15 heavy (non-hydrogen) atoms. The second-order valence-electron chi connectivity index (χ2n) is 3.77. The summed E-state index contributed by atoms with van der Waals surface area (Å²) in [5.41, 5.74) is 0. The molecular formula is C13H26O2. The number of rotatable bonds is 11. The molecule has 0 fully saturated rings. The lowest BCUT2D eigenvalue weighted by atomic mass is 10.2. The summed E-state index contributed by atoms with van der Waals surface area (Å²) in [7, 11) is 0. The van der Waals surface area contributed by atoms with E-state index in [9.17, 15) is 0 Å². The summed E-state index contributed by atoms with van der Waals surface area (Å²) < 4.78 is 10.5. The lowest BCUT2D eigenvalue weighted by molar-refractivity contribution is -0.0128. The summed E-state index contributed by atoms with van der Waals surface area (Å²) >= 11 is 0. The van der Waals surface area contributed by atoms with Crippen LogP contribution in [0.1, 0.15) is 58.8 Å². The second-order valence-corrected chi connectivity index (χ2v) is 3.77. The highest BCUT2D eigenvalue weighted by atomic mass is 16.7. The molecule has 0 aliphatic carbocycles. The zero-order valence-corrected chi connectivity index (χ0v) is 10.3. The molecule has 0 aliphatic rings. The van der Waals surface area contributed by atoms with Crippen LogP contribution in [0.15, 0.2) is 12.3 Å². The molecule has 0 radical (unpaired) electrons. The fourth-order valence-electron chi connectivity index (χ4n) is 1.26. The number of hydrogen-bond acceptors (Lipinski definition) is 2. The first-order chi connectivity index (χ1) is 7.41. The van der Waals surface area contributed by atoms with Gasteiger partial charge in [0, 0.05) is 0 Å². The normalized spacial score (nSPS) is 11.1. The van der Waals surface area contributed by atoms with Gasteiger partial charge in [0.05, 0.1) is 12.9 Å². The molecule has 0 aromatic heterocycles. The SMILES string of the molecule is CCCC=COCOCCCCCCC. The Bertz CT molecular complexity index is 132. The molecule has 0 amide bonds. The average molecular weight is 214 g/mol. The quantitative estimate of drug-likeness (QED) is 0.290. The third kappa shape index (κ3) is 13.5. The van der Waals surface area contributed by atoms with Gasteiger partial charge in [-0.25, -0.2) is 0 Å². The molecule has 0 rings (SSSR count). The van der Waals surface area contributed by atoms with Gasteiger partial charge in [-0.3, -0.25) is 0 Å². The molecule has 0 aromatic carbocycles. The third-order valence-electron chi connectivity index (χ3n) is 2.19. The Balaban J connectivity index is 2.92. The Morgan fingerprint density at radius 3 is 2.47 bits per heavy atom. The molecule has 0 N–H and O–H groups in total. The van der Waals surface area contributed by atoms with Crippen LogP contribution in [0, 0.1) is 0 Å². The lowest BCUT2D eigenvalue weighted by Crippen LogP contribution is -1.97. The molecule has 90 valence electrons. The third-order valence-corrected chi connectivity index (χ3v) is 2.19. The van der Waals surface area contributed by atoms with Gasteiger partial charge < -0.3 is 9.47 Å². The van der Waals surface area contributed by atoms with E-state index >= 15 is 0 Å². The Hall–Kier alpha value is -0.500. The van der Waals surface area contributed by atoms with E-state index in [0.29, 0.717) is 6.79 Å². The van der Waals surface area contributed by atoms with Gasteiger partial charge in [0.15, 0.2) is 6.79 Å². The van der Waals surface area contributed by atoms with Gasteiger partial charge in [-0.2, -0.15) is 0 Å². The van der Waals surface area contributed by atoms with Crippen LogP contribution < -0.4 is 0 Å². The molecule has 0 unspecified atom stereocenters. The number of hydrogen-bond donors (Lipinski definition) is 0. The molecular weight excluding hydrogens is 188 g/mol. The largest absolute Gasteiger partial charge is 0.475 e. The van der Waals surface area contributed by atoms with E-state index in [1.54, 1.807) is 6.26 Å². The van der Waals surface area contributed by atoms with E-state index < -0.39 is 0 Å². The molecule has 2 heteroatoms. The first kappa shape index (κ1) is 14.5. The standard InChI is InChI=1S/C13H26O2/c1-3-5-7-8-10-12-15-13-14-11-9-6-4-2/h9,11H,3-8,10,12-13H2,1-2H3. The summed E-state index contributed by atoms with van der Waals surface area (Å²) in [4.78, 5) is 0. The van der Waals surface area contributed by atoms with Crippen molar-refractivity contribution in [1.82, 2.24) is 0 Å². The van der Waals surface area contributed by atoms with Crippen LogP contribution in [0.3, 0.4) is 0 Å². The smallest absolute Gasteiger partial charge is 0.188 e. The van der Waals surface area contributed by atoms with Gasteiger partial charge in [0.2, 0.25) is 0 Å². The topological polar surface area (TPSA) is 18.5 Å². The monoisotopic (exact) mass is 214 g/mol. The maximum Gasteiger partial charge on any atom is 0.188 e. The molecule has 0 aromatic rings. The van der Waals surface area contributed by atoms with Gasteiger partial charge in [-0.15, -0.1) is 0 Å². The minimum absolute atomic E-state index is 0.397. The molecule has 0 aliphatic heterocycles. The fraction of sp³-hybridized carbons (Fsp3) is 0.846. The lowest BCUT2D eigenvalue weighted by Gasteiger charge is -2.03. The predicted octanol–water partition coefficient (Wildman–Crippen LogP) is 4.26. The highest BCUT2D eigenvalue weighted by Crippen LogP contribution is 2.02. The second kappa shape index (κ2) is 13.5. The zero-order valence-electron chi connectivity index (χ0n) is 10.3. The molecule has 0 saturated carbocycles. The maximum absolute atomic E-state index is 5.32. The van der Waals surface area contributed by atoms with E-state index in [1.165, 1.54) is 25.7 Å². The Kier molecular flexibility index (Phi) is 13.1. The van der Waals surface area contributed by atoms with Crippen molar-refractivity contribution in [2.75, 3.05) is 13.4 Å². The van der Waals surface area contributed by atoms with E-state index in [1.807, 2.05) is 6.08 Å². The van der Waals surface area contributed by atoms with Crippen molar-refractivity contribution >= 4 is 0 Å². The Morgan fingerprint density at radius 1 is 0.933 bits per heavy atom. The van der Waals surface area contributed by atoms with Crippen molar-refractivity contribution in [1.29, 1.82) is 0 Å². The van der Waals surface area contributed by atoms with Crippen LogP contribution in [-0.2, 0) is 9.47 Å². The van der Waals surface area contributed by atoms with Crippen molar-refractivity contribution in [2.45, 2.75) is 58.8 Å². The highest BCUT2D eigenvalue weighted by molar-refractivity contribution is 4.71. The van der Waals surface area contributed by atoms with Crippen LogP contribution in [0.2, 0.25) is 0 Å². The molecule has 0 heterocycles. The summed E-state index contributed by atoms with van der Waals surface area (Å²) in [5.74, 6) is 0. The van der Waals surface area contributed by atoms with Gasteiger partial charge >= 0.3 is 0 Å². The van der Waals surface area contributed by atoms with Crippen molar-refractivity contribution in [3.8, 4) is 0 Å². The molecule has 0 atom stereocenters. The summed E-state index contributed by atoms with van der Waals surface area (Å²) in [6, 6.07) is 0. The number of ether oxygens (including phenoxy) is 2. The fourth-order valence-corrected chi connectivity index (χ4v) is 1.26. The zero-order chi connectivity index (χ0) is 11.2.